The molecule has 0 rings (SSSR count). The predicted molar refractivity (Wildman–Crippen MR) is 30.3 cm³/mol. The van der Waals surface area contributed by atoms with Gasteiger partial charge in [0, 0.05) is 0 Å². The molecule has 0 aromatic rings. The Kier molecular flexibility index (Phi) is 4.27. The molecule has 0 aromatic carbocycles. The van der Waals surface area contributed by atoms with Gasteiger partial charge in [-0.15, -0.1) is 6.42 Å². The van der Waals surface area contributed by atoms with Gasteiger partial charge in [0.15, 0.2) is 0 Å². The van der Waals surface area contributed by atoms with E-state index >= 15 is 0 Å². The molecular formula is C5H7NO3. The first kappa shape index (κ1) is 7.79. The molecule has 1 N–H and O–H groups in total. The Morgan fingerprint density at radius 2 is 2.56 bits per heavy atom. The van der Waals surface area contributed by atoms with Crippen molar-refractivity contribution in [1.82, 2.24) is 5.48 Å². The summed E-state index contributed by atoms with van der Waals surface area (Å²) in [7, 11) is 1.23. The maximum atomic E-state index is 10.2. The van der Waals surface area contributed by atoms with Crippen LogP contribution in [0.3, 0.4) is 0 Å². The van der Waals surface area contributed by atoms with Gasteiger partial charge in [-0.3, -0.25) is 4.84 Å². The predicted octanol–water partition coefficient (Wildman–Crippen LogP) is -0.0928. The normalized spacial score (nSPS) is 7.56. The molecule has 0 aliphatic rings. The van der Waals surface area contributed by atoms with Gasteiger partial charge in [0.2, 0.25) is 0 Å². The molecule has 4 heteroatoms. The maximum Gasteiger partial charge on any atom is 0.431 e. The van der Waals surface area contributed by atoms with Gasteiger partial charge >= 0.3 is 6.09 Å². The van der Waals surface area contributed by atoms with Gasteiger partial charge in [-0.25, -0.2) is 4.79 Å². The van der Waals surface area contributed by atoms with E-state index < -0.39 is 6.09 Å². The minimum Gasteiger partial charge on any atom is -0.451 e. The summed E-state index contributed by atoms with van der Waals surface area (Å²) in [5.41, 5.74) is 1.93. The van der Waals surface area contributed by atoms with Crippen LogP contribution in [0.15, 0.2) is 0 Å². The number of rotatable bonds is 2. The molecule has 9 heavy (non-hydrogen) atoms. The molecule has 0 bridgehead atoms. The molecular weight excluding hydrogens is 122 g/mol. The van der Waals surface area contributed by atoms with Gasteiger partial charge in [0.25, 0.3) is 0 Å². The van der Waals surface area contributed by atoms with E-state index in [9.17, 15) is 4.79 Å². The van der Waals surface area contributed by atoms with E-state index in [1.54, 1.807) is 0 Å². The molecule has 0 radical (unpaired) electrons. The van der Waals surface area contributed by atoms with Crippen molar-refractivity contribution >= 4 is 6.09 Å². The fraction of sp³-hybridized carbons (Fsp3) is 0.400. The van der Waals surface area contributed by atoms with Crippen molar-refractivity contribution in [3.05, 3.63) is 0 Å². The van der Waals surface area contributed by atoms with E-state index in [-0.39, 0.29) is 6.61 Å². The van der Waals surface area contributed by atoms with Crippen molar-refractivity contribution in [3.8, 4) is 12.3 Å². The standard InChI is InChI=1S/C5H7NO3/c1-3-4-9-6-5(7)8-2/h1H,4H2,2H3,(H,6,7). The van der Waals surface area contributed by atoms with Gasteiger partial charge in [-0.2, -0.15) is 5.48 Å². The zero-order valence-electron chi connectivity index (χ0n) is 5.01. The molecule has 0 aromatic heterocycles. The lowest BCUT2D eigenvalue weighted by molar-refractivity contribution is 0.0533. The van der Waals surface area contributed by atoms with E-state index in [1.807, 2.05) is 5.48 Å². The van der Waals surface area contributed by atoms with Crippen molar-refractivity contribution in [3.63, 3.8) is 0 Å². The Balaban J connectivity index is 3.09. The van der Waals surface area contributed by atoms with Gasteiger partial charge < -0.3 is 4.74 Å². The molecule has 0 fully saturated rings. The molecule has 0 aliphatic carbocycles. The third-order valence-electron chi connectivity index (χ3n) is 0.496. The van der Waals surface area contributed by atoms with Crippen molar-refractivity contribution in [2.45, 2.75) is 0 Å². The van der Waals surface area contributed by atoms with E-state index in [0.717, 1.165) is 0 Å². The van der Waals surface area contributed by atoms with Crippen LogP contribution < -0.4 is 5.48 Å². The highest BCUT2D eigenvalue weighted by molar-refractivity contribution is 5.65. The van der Waals surface area contributed by atoms with E-state index in [1.165, 1.54) is 7.11 Å². The number of carbonyl (C=O) groups is 1. The fourth-order valence-corrected chi connectivity index (χ4v) is 0.178. The van der Waals surface area contributed by atoms with Crippen molar-refractivity contribution < 1.29 is 14.4 Å². The average molecular weight is 129 g/mol. The Labute approximate surface area is 53.1 Å². The second kappa shape index (κ2) is 4.94. The number of nitrogens with one attached hydrogen (secondary N) is 1. The number of methoxy groups -OCH3 is 1. The van der Waals surface area contributed by atoms with Gasteiger partial charge in [0.1, 0.15) is 6.61 Å². The van der Waals surface area contributed by atoms with E-state index in [2.05, 4.69) is 15.5 Å². The van der Waals surface area contributed by atoms with Crippen LogP contribution in [-0.4, -0.2) is 19.8 Å². The first-order valence-corrected chi connectivity index (χ1v) is 2.20. The number of carbonyl (C=O) groups excluding carboxylic acids is 1. The third kappa shape index (κ3) is 4.65. The molecule has 1 amide bonds. The van der Waals surface area contributed by atoms with Crippen molar-refractivity contribution in [2.75, 3.05) is 13.7 Å². The number of hydroxylamine groups is 1. The van der Waals surface area contributed by atoms with E-state index in [4.69, 9.17) is 6.42 Å². The molecule has 50 valence electrons. The SMILES string of the molecule is C#CCONC(=O)OC. The van der Waals surface area contributed by atoms with Gasteiger partial charge in [0.05, 0.1) is 7.11 Å². The quantitative estimate of drug-likeness (QED) is 0.322. The average Bonchev–Trinajstić information content (AvgIpc) is 1.89. The van der Waals surface area contributed by atoms with Gasteiger partial charge in [-0.05, 0) is 0 Å². The number of hydrogen-bond donors (Lipinski definition) is 1. The van der Waals surface area contributed by atoms with Crippen LogP contribution in [0, 0.1) is 12.3 Å². The molecule has 0 saturated carbocycles. The largest absolute Gasteiger partial charge is 0.451 e. The summed E-state index contributed by atoms with van der Waals surface area (Å²) in [4.78, 5) is 14.5. The van der Waals surface area contributed by atoms with E-state index in [0.29, 0.717) is 0 Å². The topological polar surface area (TPSA) is 47.6 Å². The molecule has 0 unspecified atom stereocenters. The lowest BCUT2D eigenvalue weighted by Gasteiger charge is -1.98. The zero-order valence-corrected chi connectivity index (χ0v) is 5.01. The van der Waals surface area contributed by atoms with Crippen LogP contribution in [0.5, 0.6) is 0 Å². The summed E-state index contributed by atoms with van der Waals surface area (Å²) >= 11 is 0. The van der Waals surface area contributed by atoms with Crippen LogP contribution >= 0.6 is 0 Å². The summed E-state index contributed by atoms with van der Waals surface area (Å²) in [6, 6.07) is 0. The van der Waals surface area contributed by atoms with Crippen LogP contribution in [-0.2, 0) is 9.57 Å². The first-order chi connectivity index (χ1) is 4.31. The lowest BCUT2D eigenvalue weighted by Crippen LogP contribution is -2.23. The maximum absolute atomic E-state index is 10.2. The minimum atomic E-state index is -0.662. The second-order valence-corrected chi connectivity index (χ2v) is 1.09. The zero-order chi connectivity index (χ0) is 7.11. The monoisotopic (exact) mass is 129 g/mol. The molecule has 0 atom stereocenters. The lowest BCUT2D eigenvalue weighted by atomic mass is 10.8. The second-order valence-electron chi connectivity index (χ2n) is 1.09. The minimum absolute atomic E-state index is 0.0368. The molecule has 0 heterocycles. The number of amides is 1. The fourth-order valence-electron chi connectivity index (χ4n) is 0.178. The Hall–Kier alpha value is -1.21. The number of hydrogen-bond acceptors (Lipinski definition) is 3. The highest BCUT2D eigenvalue weighted by Gasteiger charge is 1.93. The number of terminal acetylenes is 1. The van der Waals surface area contributed by atoms with Crippen LogP contribution in [0.1, 0.15) is 0 Å². The van der Waals surface area contributed by atoms with Crippen molar-refractivity contribution in [2.24, 2.45) is 0 Å². The number of ether oxygens (including phenoxy) is 1. The summed E-state index contributed by atoms with van der Waals surface area (Å²) in [5, 5.41) is 0. The Morgan fingerprint density at radius 3 is 3.00 bits per heavy atom. The van der Waals surface area contributed by atoms with Crippen LogP contribution in [0.2, 0.25) is 0 Å². The van der Waals surface area contributed by atoms with Crippen molar-refractivity contribution in [1.29, 1.82) is 0 Å². The first-order valence-electron chi connectivity index (χ1n) is 2.20. The molecule has 0 aliphatic heterocycles. The molecule has 0 saturated heterocycles. The molecule has 0 spiro atoms. The smallest absolute Gasteiger partial charge is 0.431 e. The van der Waals surface area contributed by atoms with Gasteiger partial charge in [-0.1, -0.05) is 5.92 Å². The third-order valence-corrected chi connectivity index (χ3v) is 0.496. The summed E-state index contributed by atoms with van der Waals surface area (Å²) in [6.45, 7) is 0.0368. The Morgan fingerprint density at radius 1 is 1.89 bits per heavy atom. The summed E-state index contributed by atoms with van der Waals surface area (Å²) < 4.78 is 4.15. The highest BCUT2D eigenvalue weighted by Crippen LogP contribution is 1.70. The highest BCUT2D eigenvalue weighted by atomic mass is 16.7. The summed E-state index contributed by atoms with van der Waals surface area (Å²) in [5.74, 6) is 2.15. The summed E-state index contributed by atoms with van der Waals surface area (Å²) in [6.07, 6.45) is 4.13. The molecule has 4 nitrogen and oxygen atoms in total. The van der Waals surface area contributed by atoms with Crippen LogP contribution in [0.25, 0.3) is 0 Å². The Bertz CT molecular complexity index is 127. The van der Waals surface area contributed by atoms with Crippen LogP contribution in [0.4, 0.5) is 4.79 Å².